The largest absolute Gasteiger partial charge is 0.394 e. The molecule has 0 aliphatic heterocycles. The van der Waals surface area contributed by atoms with Crippen molar-refractivity contribution in [2.24, 2.45) is 17.3 Å². The van der Waals surface area contributed by atoms with E-state index in [1.807, 2.05) is 0 Å². The summed E-state index contributed by atoms with van der Waals surface area (Å²) >= 11 is 0. The molecule has 0 heterocycles. The molecule has 2 atom stereocenters. The summed E-state index contributed by atoms with van der Waals surface area (Å²) in [7, 11) is 0. The minimum absolute atomic E-state index is 0.0159. The SMILES string of the molecule is FC12CC3CC(C1)CC(C(F)(F)F)(C3)C2. The van der Waals surface area contributed by atoms with E-state index in [0.29, 0.717) is 12.8 Å². The molecule has 4 aliphatic carbocycles. The maximum absolute atomic E-state index is 14.2. The number of alkyl halides is 4. The zero-order valence-electron chi connectivity index (χ0n) is 8.41. The fourth-order valence-electron chi connectivity index (χ4n) is 4.48. The first kappa shape index (κ1) is 9.91. The average Bonchev–Trinajstić information content (AvgIpc) is 1.95. The van der Waals surface area contributed by atoms with Crippen LogP contribution in [0.5, 0.6) is 0 Å². The molecule has 0 spiro atoms. The lowest BCUT2D eigenvalue weighted by atomic mass is 9.48. The summed E-state index contributed by atoms with van der Waals surface area (Å²) < 4.78 is 53.2. The monoisotopic (exact) mass is 222 g/mol. The third-order valence-electron chi connectivity index (χ3n) is 4.59. The van der Waals surface area contributed by atoms with Gasteiger partial charge in [-0.3, -0.25) is 0 Å². The summed E-state index contributed by atoms with van der Waals surface area (Å²) in [6, 6.07) is 0. The first-order valence-corrected chi connectivity index (χ1v) is 5.58. The Bertz CT molecular complexity index is 279. The summed E-state index contributed by atoms with van der Waals surface area (Å²) in [5, 5.41) is 0. The smallest absolute Gasteiger partial charge is 0.244 e. The molecular formula is C11H14F4. The Hall–Kier alpha value is -0.280. The van der Waals surface area contributed by atoms with E-state index in [9.17, 15) is 17.6 Å². The Morgan fingerprint density at radius 1 is 0.933 bits per heavy atom. The number of hydrogen-bond donors (Lipinski definition) is 0. The first-order chi connectivity index (χ1) is 6.82. The molecule has 0 nitrogen and oxygen atoms in total. The fraction of sp³-hybridized carbons (Fsp3) is 1.00. The normalized spacial score (nSPS) is 53.6. The van der Waals surface area contributed by atoms with Crippen LogP contribution < -0.4 is 0 Å². The van der Waals surface area contributed by atoms with Crippen molar-refractivity contribution >= 4 is 0 Å². The summed E-state index contributed by atoms with van der Waals surface area (Å²) in [6.45, 7) is 0. The predicted octanol–water partition coefficient (Wildman–Crippen LogP) is 3.86. The topological polar surface area (TPSA) is 0 Å². The van der Waals surface area contributed by atoms with Crippen molar-refractivity contribution in [2.75, 3.05) is 0 Å². The lowest BCUT2D eigenvalue weighted by Crippen LogP contribution is -2.58. The van der Waals surface area contributed by atoms with Crippen molar-refractivity contribution < 1.29 is 17.6 Å². The molecule has 0 saturated heterocycles. The molecule has 0 aromatic rings. The first-order valence-electron chi connectivity index (χ1n) is 5.58. The van der Waals surface area contributed by atoms with Crippen LogP contribution in [-0.2, 0) is 0 Å². The molecule has 86 valence electrons. The number of hydrogen-bond acceptors (Lipinski definition) is 0. The zero-order valence-corrected chi connectivity index (χ0v) is 8.41. The van der Waals surface area contributed by atoms with Gasteiger partial charge in [0.05, 0.1) is 5.41 Å². The Labute approximate surface area is 86.0 Å². The second kappa shape index (κ2) is 2.51. The van der Waals surface area contributed by atoms with E-state index in [4.69, 9.17) is 0 Å². The molecule has 0 radical (unpaired) electrons. The summed E-state index contributed by atoms with van der Waals surface area (Å²) in [6.07, 6.45) is -2.54. The van der Waals surface area contributed by atoms with Crippen molar-refractivity contribution in [1.82, 2.24) is 0 Å². The van der Waals surface area contributed by atoms with E-state index in [1.165, 1.54) is 0 Å². The van der Waals surface area contributed by atoms with E-state index < -0.39 is 17.3 Å². The van der Waals surface area contributed by atoms with Gasteiger partial charge in [0.15, 0.2) is 0 Å². The third-order valence-corrected chi connectivity index (χ3v) is 4.59. The van der Waals surface area contributed by atoms with Gasteiger partial charge >= 0.3 is 6.18 Å². The van der Waals surface area contributed by atoms with E-state index >= 15 is 0 Å². The third kappa shape index (κ3) is 1.26. The molecule has 4 bridgehead atoms. The van der Waals surface area contributed by atoms with Crippen molar-refractivity contribution in [1.29, 1.82) is 0 Å². The molecule has 0 aromatic carbocycles. The van der Waals surface area contributed by atoms with Gasteiger partial charge in [-0.25, -0.2) is 4.39 Å². The van der Waals surface area contributed by atoms with Crippen LogP contribution in [0.4, 0.5) is 17.6 Å². The second-order valence-electron chi connectivity index (χ2n) is 5.89. The van der Waals surface area contributed by atoms with Crippen LogP contribution >= 0.6 is 0 Å². The molecule has 0 aromatic heterocycles. The van der Waals surface area contributed by atoms with Crippen molar-refractivity contribution in [3.05, 3.63) is 0 Å². The lowest BCUT2D eigenvalue weighted by molar-refractivity contribution is -0.287. The van der Waals surface area contributed by atoms with E-state index in [0.717, 1.165) is 6.42 Å². The minimum atomic E-state index is -4.21. The van der Waals surface area contributed by atoms with Crippen LogP contribution in [0.15, 0.2) is 0 Å². The molecule has 15 heavy (non-hydrogen) atoms. The van der Waals surface area contributed by atoms with Crippen LogP contribution in [0.3, 0.4) is 0 Å². The lowest BCUT2D eigenvalue weighted by Gasteiger charge is -2.59. The number of halogens is 4. The average molecular weight is 222 g/mol. The molecular weight excluding hydrogens is 208 g/mol. The summed E-state index contributed by atoms with van der Waals surface area (Å²) in [5.74, 6) is -0.0317. The maximum atomic E-state index is 14.2. The fourth-order valence-corrected chi connectivity index (χ4v) is 4.48. The highest BCUT2D eigenvalue weighted by Gasteiger charge is 2.67. The van der Waals surface area contributed by atoms with Crippen molar-refractivity contribution in [2.45, 2.75) is 50.4 Å². The van der Waals surface area contributed by atoms with Crippen LogP contribution in [0.1, 0.15) is 38.5 Å². The molecule has 2 unspecified atom stereocenters. The van der Waals surface area contributed by atoms with Gasteiger partial charge < -0.3 is 0 Å². The molecule has 0 amide bonds. The number of rotatable bonds is 0. The quantitative estimate of drug-likeness (QED) is 0.546. The molecule has 4 heteroatoms. The van der Waals surface area contributed by atoms with Gasteiger partial charge in [0.1, 0.15) is 5.67 Å². The highest BCUT2D eigenvalue weighted by Crippen LogP contribution is 2.67. The summed E-state index contributed by atoms with van der Waals surface area (Å²) in [4.78, 5) is 0. The van der Waals surface area contributed by atoms with Crippen molar-refractivity contribution in [3.8, 4) is 0 Å². The standard InChI is InChI=1S/C11H14F4/c12-10-4-7-1-8(5-10)3-9(2-7,6-10)11(13,14)15/h7-8H,1-6H2. The Morgan fingerprint density at radius 3 is 1.87 bits per heavy atom. The van der Waals surface area contributed by atoms with Gasteiger partial charge in [-0.1, -0.05) is 0 Å². The Balaban J connectivity index is 2.00. The van der Waals surface area contributed by atoms with Crippen LogP contribution in [-0.4, -0.2) is 11.8 Å². The second-order valence-corrected chi connectivity index (χ2v) is 5.89. The highest BCUT2D eigenvalue weighted by molar-refractivity contribution is 5.10. The van der Waals surface area contributed by atoms with Crippen LogP contribution in [0.25, 0.3) is 0 Å². The molecule has 0 N–H and O–H groups in total. The Morgan fingerprint density at radius 2 is 1.47 bits per heavy atom. The minimum Gasteiger partial charge on any atom is -0.244 e. The Kier molecular flexibility index (Phi) is 1.66. The van der Waals surface area contributed by atoms with Crippen LogP contribution in [0, 0.1) is 17.3 Å². The van der Waals surface area contributed by atoms with Gasteiger partial charge in [-0.15, -0.1) is 0 Å². The molecule has 4 aliphatic rings. The van der Waals surface area contributed by atoms with Gasteiger partial charge in [0, 0.05) is 0 Å². The summed E-state index contributed by atoms with van der Waals surface area (Å²) in [5.41, 5.74) is -3.18. The van der Waals surface area contributed by atoms with Crippen molar-refractivity contribution in [3.63, 3.8) is 0 Å². The van der Waals surface area contributed by atoms with Gasteiger partial charge in [-0.05, 0) is 50.4 Å². The van der Waals surface area contributed by atoms with E-state index in [1.54, 1.807) is 0 Å². The van der Waals surface area contributed by atoms with Crippen LogP contribution in [0.2, 0.25) is 0 Å². The van der Waals surface area contributed by atoms with E-state index in [-0.39, 0.29) is 31.1 Å². The molecule has 4 saturated carbocycles. The van der Waals surface area contributed by atoms with Gasteiger partial charge in [-0.2, -0.15) is 13.2 Å². The maximum Gasteiger partial charge on any atom is 0.394 e. The zero-order chi connectivity index (χ0) is 10.9. The van der Waals surface area contributed by atoms with Gasteiger partial charge in [0.2, 0.25) is 0 Å². The van der Waals surface area contributed by atoms with Gasteiger partial charge in [0.25, 0.3) is 0 Å². The predicted molar refractivity (Wildman–Crippen MR) is 47.0 cm³/mol. The molecule has 4 rings (SSSR count). The van der Waals surface area contributed by atoms with E-state index in [2.05, 4.69) is 0 Å². The highest BCUT2D eigenvalue weighted by atomic mass is 19.4. The molecule has 4 fully saturated rings.